The van der Waals surface area contributed by atoms with Gasteiger partial charge in [-0.1, -0.05) is 5.92 Å². The summed E-state index contributed by atoms with van der Waals surface area (Å²) in [6.45, 7) is 6.20. The zero-order chi connectivity index (χ0) is 29.2. The number of aliphatic carboxylic acids is 1. The molecule has 8 N–H and O–H groups in total. The molecule has 2 bridgehead atoms. The Balaban J connectivity index is 1.74. The highest BCUT2D eigenvalue weighted by Crippen LogP contribution is 2.31. The van der Waals surface area contributed by atoms with Gasteiger partial charge in [-0.25, -0.2) is 0 Å². The Hall–Kier alpha value is -1.25. The van der Waals surface area contributed by atoms with E-state index in [1.165, 1.54) is 0 Å². The van der Waals surface area contributed by atoms with E-state index < -0.39 is 11.6 Å². The van der Waals surface area contributed by atoms with Crippen molar-refractivity contribution in [2.24, 2.45) is 17.8 Å². The van der Waals surface area contributed by atoms with E-state index in [0.717, 1.165) is 70.9 Å². The van der Waals surface area contributed by atoms with E-state index in [1.807, 2.05) is 7.05 Å². The largest absolute Gasteiger partial charge is 0.481 e. The van der Waals surface area contributed by atoms with E-state index in [9.17, 15) is 25.2 Å². The molecular weight excluding hydrogens is 508 g/mol. The number of nitrogens with one attached hydrogen (secondary N) is 4. The van der Waals surface area contributed by atoms with Crippen molar-refractivity contribution in [2.45, 2.75) is 126 Å². The molecule has 0 radical (unpaired) electrons. The maximum Gasteiger partial charge on any atom is 0.306 e. The highest BCUT2D eigenvalue weighted by Gasteiger charge is 2.37. The second kappa shape index (κ2) is 15.8. The van der Waals surface area contributed by atoms with Crippen LogP contribution in [0.3, 0.4) is 0 Å². The maximum atomic E-state index is 11.6. The first kappa shape index (κ1) is 33.3. The second-order valence-corrected chi connectivity index (χ2v) is 13.4. The fourth-order valence-corrected chi connectivity index (χ4v) is 7.02. The van der Waals surface area contributed by atoms with E-state index in [-0.39, 0.29) is 55.1 Å². The summed E-state index contributed by atoms with van der Waals surface area (Å²) >= 11 is 0. The van der Waals surface area contributed by atoms with Crippen molar-refractivity contribution in [2.75, 3.05) is 33.3 Å². The minimum atomic E-state index is -1.36. The first-order valence-electron chi connectivity index (χ1n) is 15.6. The van der Waals surface area contributed by atoms with Crippen LogP contribution in [0.15, 0.2) is 0 Å². The molecule has 230 valence electrons. The Morgan fingerprint density at radius 1 is 1.23 bits per heavy atom. The molecule has 0 amide bonds. The molecule has 9 atom stereocenters. The highest BCUT2D eigenvalue weighted by atomic mass is 16.4. The number of carbonyl (C=O) groups is 1. The quantitative estimate of drug-likeness (QED) is 0.185. The summed E-state index contributed by atoms with van der Waals surface area (Å²) in [6, 6.07) is 0.791. The van der Waals surface area contributed by atoms with Gasteiger partial charge in [0.05, 0.1) is 18.1 Å². The molecule has 2 saturated heterocycles. The fraction of sp³-hybridized carbons (Fsp3) is 0.903. The average Bonchev–Trinajstić information content (AvgIpc) is 2.90. The van der Waals surface area contributed by atoms with Gasteiger partial charge in [-0.15, -0.1) is 5.92 Å². The minimum Gasteiger partial charge on any atom is -0.481 e. The predicted molar refractivity (Wildman–Crippen MR) is 158 cm³/mol. The second-order valence-electron chi connectivity index (χ2n) is 13.4. The van der Waals surface area contributed by atoms with Gasteiger partial charge in [0.1, 0.15) is 0 Å². The van der Waals surface area contributed by atoms with Crippen molar-refractivity contribution >= 4 is 5.97 Å². The van der Waals surface area contributed by atoms with Crippen LogP contribution in [0.2, 0.25) is 0 Å². The summed E-state index contributed by atoms with van der Waals surface area (Å²) in [7, 11) is 1.99. The number of aliphatic hydroxyl groups is 3. The standard InChI is InChI=1S/C31H56N4O5/c1-22-28(37)10-9-26(35-22)8-7-24(19-32-3)15-23-5-4-6-27-17-30(2,13-14-33-27)34-21-31(40,18-29(38)39)12-11-25(16-23)20-36/h22-28,32-37,40H,6-21H2,1-3H3,(H,38,39)/t22-,23-,24+,25-,26+,27+,28+,30+,31+/m0/s1. The Labute approximate surface area is 241 Å². The van der Waals surface area contributed by atoms with Crippen LogP contribution < -0.4 is 21.3 Å². The lowest BCUT2D eigenvalue weighted by atomic mass is 9.80. The van der Waals surface area contributed by atoms with Gasteiger partial charge in [-0.2, -0.15) is 0 Å². The fourth-order valence-electron chi connectivity index (χ4n) is 7.02. The van der Waals surface area contributed by atoms with Crippen LogP contribution in [0.4, 0.5) is 0 Å². The van der Waals surface area contributed by atoms with Crippen LogP contribution in [0, 0.1) is 29.6 Å². The van der Waals surface area contributed by atoms with Crippen LogP contribution in [-0.4, -0.2) is 95.1 Å². The molecular formula is C31H56N4O5. The number of carboxylic acids is 1. The third-order valence-corrected chi connectivity index (χ3v) is 9.60. The number of rotatable bonds is 10. The van der Waals surface area contributed by atoms with E-state index in [2.05, 4.69) is 47.0 Å². The van der Waals surface area contributed by atoms with E-state index >= 15 is 0 Å². The molecule has 0 aromatic heterocycles. The molecule has 0 aromatic rings. The lowest BCUT2D eigenvalue weighted by Gasteiger charge is -2.42. The molecule has 3 rings (SSSR count). The summed E-state index contributed by atoms with van der Waals surface area (Å²) in [4.78, 5) is 11.6. The third kappa shape index (κ3) is 10.9. The summed E-state index contributed by atoms with van der Waals surface area (Å²) in [5.74, 6) is 6.61. The van der Waals surface area contributed by atoms with E-state index in [4.69, 9.17) is 0 Å². The molecule has 9 nitrogen and oxygen atoms in total. The molecule has 0 spiro atoms. The van der Waals surface area contributed by atoms with Gasteiger partial charge in [0.15, 0.2) is 0 Å². The smallest absolute Gasteiger partial charge is 0.306 e. The Morgan fingerprint density at radius 2 is 2.02 bits per heavy atom. The molecule has 3 heterocycles. The highest BCUT2D eigenvalue weighted by molar-refractivity contribution is 5.68. The molecule has 9 heteroatoms. The van der Waals surface area contributed by atoms with E-state index in [0.29, 0.717) is 24.8 Å². The van der Waals surface area contributed by atoms with Crippen LogP contribution in [-0.2, 0) is 4.79 Å². The van der Waals surface area contributed by atoms with Crippen LogP contribution >= 0.6 is 0 Å². The van der Waals surface area contributed by atoms with Gasteiger partial charge in [0.2, 0.25) is 0 Å². The van der Waals surface area contributed by atoms with Crippen molar-refractivity contribution in [3.63, 3.8) is 0 Å². The Bertz CT molecular complexity index is 849. The number of carboxylic acid groups (broad SMARTS) is 1. The topological polar surface area (TPSA) is 146 Å². The molecule has 3 aliphatic rings. The first-order valence-corrected chi connectivity index (χ1v) is 15.6. The number of piperidine rings is 2. The lowest BCUT2D eigenvalue weighted by molar-refractivity contribution is -0.143. The summed E-state index contributed by atoms with van der Waals surface area (Å²) < 4.78 is 0. The van der Waals surface area contributed by atoms with Gasteiger partial charge in [0, 0.05) is 49.2 Å². The number of fused-ring (bicyclic) bond motifs is 2. The van der Waals surface area contributed by atoms with Crippen LogP contribution in [0.25, 0.3) is 0 Å². The van der Waals surface area contributed by atoms with Gasteiger partial charge >= 0.3 is 5.97 Å². The number of hydrogen-bond donors (Lipinski definition) is 8. The van der Waals surface area contributed by atoms with Gasteiger partial charge in [-0.05, 0) is 110 Å². The number of aliphatic hydroxyl groups excluding tert-OH is 2. The van der Waals surface area contributed by atoms with Crippen molar-refractivity contribution in [3.8, 4) is 11.8 Å². The molecule has 0 unspecified atom stereocenters. The van der Waals surface area contributed by atoms with Crippen molar-refractivity contribution < 1.29 is 25.2 Å². The van der Waals surface area contributed by atoms with Crippen molar-refractivity contribution in [3.05, 3.63) is 0 Å². The van der Waals surface area contributed by atoms with Crippen molar-refractivity contribution in [1.82, 2.24) is 21.3 Å². The molecule has 3 aliphatic heterocycles. The molecule has 40 heavy (non-hydrogen) atoms. The SMILES string of the molecule is CNC[C@H](CC[C@@H]1CC[C@@H](O)[C@H](C)N1)C[C@@H]1C#CC[C@@H]2C[C@@](C)(CCN2)NC[C@](O)(CC(=O)O)CC[C@H](CO)C1. The zero-order valence-electron chi connectivity index (χ0n) is 25.1. The normalized spacial score (nSPS) is 38.5. The van der Waals surface area contributed by atoms with Crippen LogP contribution in [0.5, 0.6) is 0 Å². The van der Waals surface area contributed by atoms with Crippen LogP contribution in [0.1, 0.15) is 90.9 Å². The Kier molecular flexibility index (Phi) is 13.2. The zero-order valence-corrected chi connectivity index (χ0v) is 25.1. The summed E-state index contributed by atoms with van der Waals surface area (Å²) in [5, 5.41) is 55.3. The van der Waals surface area contributed by atoms with E-state index in [1.54, 1.807) is 0 Å². The summed E-state index contributed by atoms with van der Waals surface area (Å²) in [5.41, 5.74) is -1.55. The molecule has 0 saturated carbocycles. The maximum absolute atomic E-state index is 11.6. The minimum absolute atomic E-state index is 0.000437. The Morgan fingerprint density at radius 3 is 2.73 bits per heavy atom. The van der Waals surface area contributed by atoms with Gasteiger partial charge in [-0.3, -0.25) is 4.79 Å². The average molecular weight is 565 g/mol. The predicted octanol–water partition coefficient (Wildman–Crippen LogP) is 1.60. The number of β-amino-alcohol motifs (C(OH)–C–C–N with tert-alkyl or cyclic N) is 1. The molecule has 2 fully saturated rings. The molecule has 0 aromatic carbocycles. The monoisotopic (exact) mass is 564 g/mol. The lowest BCUT2D eigenvalue weighted by Crippen LogP contribution is -2.57. The molecule has 0 aliphatic carbocycles. The summed E-state index contributed by atoms with van der Waals surface area (Å²) in [6.07, 6.45) is 8.48. The number of hydrogen-bond acceptors (Lipinski definition) is 8. The van der Waals surface area contributed by atoms with Crippen molar-refractivity contribution in [1.29, 1.82) is 0 Å². The van der Waals surface area contributed by atoms with Gasteiger partial charge in [0.25, 0.3) is 0 Å². The first-order chi connectivity index (χ1) is 19.0. The van der Waals surface area contributed by atoms with Gasteiger partial charge < -0.3 is 41.7 Å². The third-order valence-electron chi connectivity index (χ3n) is 9.60.